The van der Waals surface area contributed by atoms with Crippen LogP contribution in [0.15, 0.2) is 67.0 Å². The van der Waals surface area contributed by atoms with E-state index >= 15 is 0 Å². The molecule has 1 aliphatic heterocycles. The fraction of sp³-hybridized carbons (Fsp3) is 0.231. The molecule has 2 aromatic carbocycles. The number of hydrogen-bond donors (Lipinski definition) is 0. The zero-order valence-corrected chi connectivity index (χ0v) is 19.8. The number of amides is 2. The Morgan fingerprint density at radius 3 is 2.74 bits per heavy atom. The molecule has 1 unspecified atom stereocenters. The predicted octanol–water partition coefficient (Wildman–Crippen LogP) is 4.59. The summed E-state index contributed by atoms with van der Waals surface area (Å²) in [5.74, 6) is 0.0431. The third kappa shape index (κ3) is 4.12. The first kappa shape index (κ1) is 22.0. The number of fused-ring (bicyclic) bond motifs is 1. The zero-order valence-electron chi connectivity index (χ0n) is 19.0. The maximum atomic E-state index is 13.9. The van der Waals surface area contributed by atoms with E-state index in [-0.39, 0.29) is 18.2 Å². The standard InChI is InChI=1S/C26H24N4O3S/c1-17-10-11-21(33-2)23-24(17)34-26(28-23)30(15-18-7-6-12-27-14-18)25(32)19-13-22(31)29(16-19)20-8-4-3-5-9-20/h3-12,14,19H,13,15-16H2,1-2H3. The van der Waals surface area contributed by atoms with Crippen LogP contribution in [0, 0.1) is 12.8 Å². The lowest BCUT2D eigenvalue weighted by Gasteiger charge is -2.23. The molecule has 172 valence electrons. The first-order valence-corrected chi connectivity index (χ1v) is 11.9. The fourth-order valence-corrected chi connectivity index (χ4v) is 5.30. The second-order valence-electron chi connectivity index (χ2n) is 8.29. The average molecular weight is 473 g/mol. The summed E-state index contributed by atoms with van der Waals surface area (Å²) in [6.45, 7) is 2.69. The summed E-state index contributed by atoms with van der Waals surface area (Å²) in [4.78, 5) is 39.0. The Kier molecular flexibility index (Phi) is 5.98. The summed E-state index contributed by atoms with van der Waals surface area (Å²) in [5.41, 5.74) is 3.50. The normalized spacial score (nSPS) is 15.6. The van der Waals surface area contributed by atoms with Gasteiger partial charge in [0.2, 0.25) is 11.8 Å². The molecule has 2 aromatic heterocycles. The average Bonchev–Trinajstić information content (AvgIpc) is 3.48. The van der Waals surface area contributed by atoms with Gasteiger partial charge in [-0.25, -0.2) is 4.98 Å². The van der Waals surface area contributed by atoms with E-state index in [0.29, 0.717) is 24.0 Å². The quantitative estimate of drug-likeness (QED) is 0.410. The largest absolute Gasteiger partial charge is 0.494 e. The van der Waals surface area contributed by atoms with Crippen molar-refractivity contribution in [1.29, 1.82) is 0 Å². The van der Waals surface area contributed by atoms with Crippen molar-refractivity contribution in [3.8, 4) is 5.75 Å². The predicted molar refractivity (Wildman–Crippen MR) is 133 cm³/mol. The van der Waals surface area contributed by atoms with E-state index in [1.165, 1.54) is 11.3 Å². The molecule has 0 bridgehead atoms. The van der Waals surface area contributed by atoms with Crippen molar-refractivity contribution in [2.75, 3.05) is 23.5 Å². The number of thiazole rings is 1. The Labute approximate surface area is 201 Å². The summed E-state index contributed by atoms with van der Waals surface area (Å²) in [5, 5.41) is 0.585. The Morgan fingerprint density at radius 2 is 2.00 bits per heavy atom. The molecule has 8 heteroatoms. The number of methoxy groups -OCH3 is 1. The minimum atomic E-state index is -0.459. The van der Waals surface area contributed by atoms with E-state index in [0.717, 1.165) is 27.0 Å². The van der Waals surface area contributed by atoms with Gasteiger partial charge in [-0.1, -0.05) is 41.7 Å². The number of nitrogens with zero attached hydrogens (tertiary/aromatic N) is 4. The number of carbonyl (C=O) groups excluding carboxylic acids is 2. The summed E-state index contributed by atoms with van der Waals surface area (Å²) in [7, 11) is 1.62. The molecule has 7 nitrogen and oxygen atoms in total. The van der Waals surface area contributed by atoms with Crippen molar-refractivity contribution >= 4 is 44.2 Å². The maximum absolute atomic E-state index is 13.9. The number of benzene rings is 2. The first-order chi connectivity index (χ1) is 16.5. The van der Waals surface area contributed by atoms with E-state index in [9.17, 15) is 9.59 Å². The molecule has 1 fully saturated rings. The van der Waals surface area contributed by atoms with Gasteiger partial charge in [-0.05, 0) is 42.3 Å². The highest BCUT2D eigenvalue weighted by molar-refractivity contribution is 7.22. The highest BCUT2D eigenvalue weighted by Gasteiger charge is 2.38. The van der Waals surface area contributed by atoms with Gasteiger partial charge in [0, 0.05) is 31.0 Å². The molecule has 4 aromatic rings. The van der Waals surface area contributed by atoms with Gasteiger partial charge in [-0.3, -0.25) is 19.5 Å². The van der Waals surface area contributed by atoms with Gasteiger partial charge in [0.05, 0.1) is 24.3 Å². The molecule has 1 atom stereocenters. The molecular formula is C26H24N4O3S. The summed E-state index contributed by atoms with van der Waals surface area (Å²) in [6.07, 6.45) is 3.62. The molecule has 0 N–H and O–H groups in total. The molecule has 2 amide bonds. The van der Waals surface area contributed by atoms with E-state index in [1.54, 1.807) is 29.3 Å². The fourth-order valence-electron chi connectivity index (χ4n) is 4.24. The Hall–Kier alpha value is -3.78. The van der Waals surface area contributed by atoms with Gasteiger partial charge >= 0.3 is 0 Å². The molecule has 3 heterocycles. The van der Waals surface area contributed by atoms with Crippen LogP contribution in [-0.2, 0) is 16.1 Å². The van der Waals surface area contributed by atoms with E-state index in [2.05, 4.69) is 4.98 Å². The topological polar surface area (TPSA) is 75.6 Å². The minimum Gasteiger partial charge on any atom is -0.494 e. The SMILES string of the molecule is COc1ccc(C)c2sc(N(Cc3cccnc3)C(=O)C3CC(=O)N(c4ccccc4)C3)nc12. The first-order valence-electron chi connectivity index (χ1n) is 11.0. The highest BCUT2D eigenvalue weighted by Crippen LogP contribution is 2.38. The minimum absolute atomic E-state index is 0.0484. The second-order valence-corrected chi connectivity index (χ2v) is 9.26. The van der Waals surface area contributed by atoms with Crippen LogP contribution in [0.2, 0.25) is 0 Å². The van der Waals surface area contributed by atoms with Gasteiger partial charge in [0.25, 0.3) is 0 Å². The molecule has 5 rings (SSSR count). The van der Waals surface area contributed by atoms with Gasteiger partial charge < -0.3 is 9.64 Å². The number of rotatable bonds is 6. The van der Waals surface area contributed by atoms with Crippen molar-refractivity contribution in [2.45, 2.75) is 19.9 Å². The van der Waals surface area contributed by atoms with Gasteiger partial charge in [0.15, 0.2) is 5.13 Å². The second kappa shape index (κ2) is 9.23. The van der Waals surface area contributed by atoms with Crippen LogP contribution in [0.3, 0.4) is 0 Å². The van der Waals surface area contributed by atoms with Crippen molar-refractivity contribution in [3.05, 3.63) is 78.1 Å². The molecule has 0 spiro atoms. The number of aryl methyl sites for hydroxylation is 1. The number of aromatic nitrogens is 2. The number of pyridine rings is 1. The zero-order chi connectivity index (χ0) is 23.7. The van der Waals surface area contributed by atoms with E-state index in [1.807, 2.05) is 61.5 Å². The van der Waals surface area contributed by atoms with Crippen LogP contribution >= 0.6 is 11.3 Å². The maximum Gasteiger partial charge on any atom is 0.234 e. The molecule has 1 saturated heterocycles. The number of ether oxygens (including phenoxy) is 1. The molecule has 1 aliphatic rings. The van der Waals surface area contributed by atoms with Crippen LogP contribution in [0.25, 0.3) is 10.2 Å². The summed E-state index contributed by atoms with van der Waals surface area (Å²) < 4.78 is 6.49. The highest BCUT2D eigenvalue weighted by atomic mass is 32.1. The van der Waals surface area contributed by atoms with Crippen molar-refractivity contribution in [3.63, 3.8) is 0 Å². The number of para-hydroxylation sites is 1. The van der Waals surface area contributed by atoms with Crippen molar-refractivity contribution in [1.82, 2.24) is 9.97 Å². The third-order valence-corrected chi connectivity index (χ3v) is 7.23. The van der Waals surface area contributed by atoms with Crippen molar-refractivity contribution in [2.24, 2.45) is 5.92 Å². The Bertz CT molecular complexity index is 1340. The van der Waals surface area contributed by atoms with Crippen LogP contribution in [0.1, 0.15) is 17.5 Å². The van der Waals surface area contributed by atoms with Crippen LogP contribution in [0.5, 0.6) is 5.75 Å². The third-order valence-electron chi connectivity index (χ3n) is 6.01. The lowest BCUT2D eigenvalue weighted by atomic mass is 10.1. The Morgan fingerprint density at radius 1 is 1.18 bits per heavy atom. The van der Waals surface area contributed by atoms with E-state index in [4.69, 9.17) is 9.72 Å². The molecule has 0 aliphatic carbocycles. The van der Waals surface area contributed by atoms with Gasteiger partial charge in [0.1, 0.15) is 11.3 Å². The molecular weight excluding hydrogens is 448 g/mol. The number of carbonyl (C=O) groups is 2. The molecule has 0 saturated carbocycles. The monoisotopic (exact) mass is 472 g/mol. The Balaban J connectivity index is 1.51. The lowest BCUT2D eigenvalue weighted by Crippen LogP contribution is -2.37. The molecule has 0 radical (unpaired) electrons. The van der Waals surface area contributed by atoms with Gasteiger partial charge in [-0.2, -0.15) is 0 Å². The number of hydrogen-bond acceptors (Lipinski definition) is 6. The summed E-state index contributed by atoms with van der Waals surface area (Å²) >= 11 is 1.46. The summed E-state index contributed by atoms with van der Waals surface area (Å²) in [6, 6.07) is 17.1. The smallest absolute Gasteiger partial charge is 0.234 e. The van der Waals surface area contributed by atoms with Crippen LogP contribution < -0.4 is 14.5 Å². The van der Waals surface area contributed by atoms with Crippen molar-refractivity contribution < 1.29 is 14.3 Å². The molecule has 34 heavy (non-hydrogen) atoms. The number of anilines is 2. The van der Waals surface area contributed by atoms with Crippen LogP contribution in [0.4, 0.5) is 10.8 Å². The van der Waals surface area contributed by atoms with Gasteiger partial charge in [-0.15, -0.1) is 0 Å². The van der Waals surface area contributed by atoms with Crippen LogP contribution in [-0.4, -0.2) is 35.4 Å². The lowest BCUT2D eigenvalue weighted by molar-refractivity contribution is -0.124. The van der Waals surface area contributed by atoms with E-state index < -0.39 is 5.92 Å².